The molecule has 0 spiro atoms. The first-order chi connectivity index (χ1) is 10.7. The number of benzene rings is 2. The van der Waals surface area contributed by atoms with Crippen molar-refractivity contribution in [2.24, 2.45) is 10.8 Å². The van der Waals surface area contributed by atoms with Crippen LogP contribution in [0.2, 0.25) is 0 Å². The van der Waals surface area contributed by atoms with Gasteiger partial charge in [-0.25, -0.2) is 9.40 Å². The molecule has 4 nitrogen and oxygen atoms in total. The highest BCUT2D eigenvalue weighted by Gasteiger charge is 2.21. The van der Waals surface area contributed by atoms with Crippen LogP contribution in [0.5, 0.6) is 0 Å². The van der Waals surface area contributed by atoms with Crippen molar-refractivity contribution in [3.05, 3.63) is 71.2 Å². The van der Waals surface area contributed by atoms with E-state index in [-0.39, 0.29) is 5.82 Å². The predicted octanol–water partition coefficient (Wildman–Crippen LogP) is 2.68. The van der Waals surface area contributed by atoms with Crippen LogP contribution >= 0.6 is 0 Å². The summed E-state index contributed by atoms with van der Waals surface area (Å²) in [6.45, 7) is 4.71. The summed E-state index contributed by atoms with van der Waals surface area (Å²) in [6, 6.07) is 14.3. The molecule has 0 aliphatic carbocycles. The van der Waals surface area contributed by atoms with Crippen LogP contribution in [0.1, 0.15) is 11.1 Å². The molecule has 1 aliphatic heterocycles. The third kappa shape index (κ3) is 2.58. The lowest BCUT2D eigenvalue weighted by atomic mass is 10.1. The maximum absolute atomic E-state index is 13.4. The van der Waals surface area contributed by atoms with E-state index in [9.17, 15) is 4.39 Å². The van der Waals surface area contributed by atoms with Crippen LogP contribution in [0, 0.1) is 5.82 Å². The number of hydrogen-bond donors (Lipinski definition) is 2. The van der Waals surface area contributed by atoms with Crippen molar-refractivity contribution in [2.45, 2.75) is 6.54 Å². The van der Waals surface area contributed by atoms with Crippen LogP contribution in [-0.2, 0) is 6.54 Å². The molecule has 3 N–H and O–H groups in total. The Balaban J connectivity index is 2.12. The number of fused-ring (bicyclic) bond motifs is 1. The van der Waals surface area contributed by atoms with Crippen molar-refractivity contribution in [3.63, 3.8) is 0 Å². The molecule has 1 aliphatic rings. The van der Waals surface area contributed by atoms with Gasteiger partial charge in [-0.3, -0.25) is 0 Å². The zero-order valence-corrected chi connectivity index (χ0v) is 12.1. The van der Waals surface area contributed by atoms with Crippen LogP contribution in [-0.4, -0.2) is 13.3 Å². The maximum atomic E-state index is 13.4. The van der Waals surface area contributed by atoms with Gasteiger partial charge in [-0.15, -0.1) is 0 Å². The van der Waals surface area contributed by atoms with Gasteiger partial charge >= 0.3 is 0 Å². The average Bonchev–Trinajstić information content (AvgIpc) is 2.73. The van der Waals surface area contributed by atoms with Crippen LogP contribution < -0.4 is 16.1 Å². The molecule has 22 heavy (non-hydrogen) atoms. The third-order valence-electron chi connectivity index (χ3n) is 3.67. The number of anilines is 1. The van der Waals surface area contributed by atoms with Gasteiger partial charge in [0.15, 0.2) is 0 Å². The number of hydrogen-bond acceptors (Lipinski definition) is 4. The fraction of sp³-hybridized carbons (Fsp3) is 0.118. The zero-order chi connectivity index (χ0) is 15.5. The van der Waals surface area contributed by atoms with E-state index in [4.69, 9.17) is 5.73 Å². The number of rotatable bonds is 2. The molecule has 0 aromatic heterocycles. The first-order valence-electron chi connectivity index (χ1n) is 7.00. The molecule has 0 saturated carbocycles. The molecule has 0 unspecified atom stereocenters. The molecule has 0 atom stereocenters. The minimum atomic E-state index is -0.270. The molecule has 0 fully saturated rings. The number of nitrogens with two attached hydrogens (primary N) is 1. The molecule has 0 bridgehead atoms. The second-order valence-corrected chi connectivity index (χ2v) is 5.06. The molecule has 5 heteroatoms. The normalized spacial score (nSPS) is 16.7. The van der Waals surface area contributed by atoms with Gasteiger partial charge < -0.3 is 11.1 Å². The molecular formula is C17H17FN4. The second kappa shape index (κ2) is 5.99. The van der Waals surface area contributed by atoms with Gasteiger partial charge in [0.1, 0.15) is 5.82 Å². The smallest absolute Gasteiger partial charge is 0.123 e. The largest absolute Gasteiger partial charge is 0.397 e. The summed E-state index contributed by atoms with van der Waals surface area (Å²) in [5, 5.41) is 9.03. The van der Waals surface area contributed by atoms with E-state index in [0.717, 1.165) is 22.5 Å². The zero-order valence-electron chi connectivity index (χ0n) is 12.1. The van der Waals surface area contributed by atoms with Crippen LogP contribution in [0.15, 0.2) is 59.3 Å². The Labute approximate surface area is 128 Å². The summed E-state index contributed by atoms with van der Waals surface area (Å²) in [7, 11) is 0. The van der Waals surface area contributed by atoms with Crippen molar-refractivity contribution < 1.29 is 4.39 Å². The van der Waals surface area contributed by atoms with Crippen molar-refractivity contribution in [1.82, 2.24) is 5.32 Å². The lowest BCUT2D eigenvalue weighted by Gasteiger charge is -2.23. The minimum Gasteiger partial charge on any atom is -0.397 e. The summed E-state index contributed by atoms with van der Waals surface area (Å²) in [4.78, 5) is 0. The molecule has 3 rings (SSSR count). The molecule has 112 valence electrons. The second-order valence-electron chi connectivity index (χ2n) is 5.06. The Morgan fingerprint density at radius 1 is 1.18 bits per heavy atom. The molecule has 0 amide bonds. The SMILES string of the molecule is C=NN1/C(=C(\N)c2ccccc2)CNCc2cc(F)ccc21. The van der Waals surface area contributed by atoms with Gasteiger partial charge in [-0.2, -0.15) is 5.10 Å². The Kier molecular flexibility index (Phi) is 3.89. The van der Waals surface area contributed by atoms with E-state index in [1.54, 1.807) is 11.1 Å². The van der Waals surface area contributed by atoms with E-state index in [0.29, 0.717) is 18.8 Å². The summed E-state index contributed by atoms with van der Waals surface area (Å²) in [5.41, 5.74) is 10.3. The van der Waals surface area contributed by atoms with Crippen LogP contribution in [0.3, 0.4) is 0 Å². The lowest BCUT2D eigenvalue weighted by Crippen LogP contribution is -2.25. The first-order valence-corrected chi connectivity index (χ1v) is 7.00. The number of halogens is 1. The molecule has 2 aromatic rings. The third-order valence-corrected chi connectivity index (χ3v) is 3.67. The highest BCUT2D eigenvalue weighted by Crippen LogP contribution is 2.30. The Morgan fingerprint density at radius 3 is 2.68 bits per heavy atom. The van der Waals surface area contributed by atoms with Gasteiger partial charge in [0.2, 0.25) is 0 Å². The highest BCUT2D eigenvalue weighted by molar-refractivity contribution is 5.73. The van der Waals surface area contributed by atoms with Crippen molar-refractivity contribution in [1.29, 1.82) is 0 Å². The van der Waals surface area contributed by atoms with E-state index in [1.165, 1.54) is 12.1 Å². The van der Waals surface area contributed by atoms with E-state index in [1.807, 2.05) is 30.3 Å². The molecule has 0 saturated heterocycles. The van der Waals surface area contributed by atoms with Crippen molar-refractivity contribution in [2.75, 3.05) is 11.6 Å². The Bertz CT molecular complexity index is 725. The van der Waals surface area contributed by atoms with Gasteiger partial charge in [-0.05, 0) is 29.3 Å². The topological polar surface area (TPSA) is 53.6 Å². The van der Waals surface area contributed by atoms with E-state index >= 15 is 0 Å². The van der Waals surface area contributed by atoms with Crippen LogP contribution in [0.25, 0.3) is 5.70 Å². The minimum absolute atomic E-state index is 0.270. The summed E-state index contributed by atoms with van der Waals surface area (Å²) >= 11 is 0. The molecular weight excluding hydrogens is 279 g/mol. The summed E-state index contributed by atoms with van der Waals surface area (Å²) in [6.07, 6.45) is 0. The highest BCUT2D eigenvalue weighted by atomic mass is 19.1. The van der Waals surface area contributed by atoms with Crippen molar-refractivity contribution in [3.8, 4) is 0 Å². The number of nitrogens with one attached hydrogen (secondary N) is 1. The maximum Gasteiger partial charge on any atom is 0.123 e. The predicted molar refractivity (Wildman–Crippen MR) is 87.7 cm³/mol. The Hall–Kier alpha value is -2.66. The molecule has 2 aromatic carbocycles. The van der Waals surface area contributed by atoms with Gasteiger partial charge in [0.25, 0.3) is 0 Å². The molecule has 0 radical (unpaired) electrons. The summed E-state index contributed by atoms with van der Waals surface area (Å²) in [5.74, 6) is -0.270. The van der Waals surface area contributed by atoms with E-state index in [2.05, 4.69) is 17.1 Å². The average molecular weight is 296 g/mol. The molecule has 1 heterocycles. The van der Waals surface area contributed by atoms with Crippen molar-refractivity contribution >= 4 is 18.1 Å². The van der Waals surface area contributed by atoms with Gasteiger partial charge in [-0.1, -0.05) is 30.3 Å². The quantitative estimate of drug-likeness (QED) is 0.838. The van der Waals surface area contributed by atoms with Crippen LogP contribution in [0.4, 0.5) is 10.1 Å². The summed E-state index contributed by atoms with van der Waals surface area (Å²) < 4.78 is 13.4. The van der Waals surface area contributed by atoms with Gasteiger partial charge in [0, 0.05) is 19.8 Å². The number of nitrogens with zero attached hydrogens (tertiary/aromatic N) is 2. The lowest BCUT2D eigenvalue weighted by molar-refractivity contribution is 0.624. The number of hydrazone groups is 1. The Morgan fingerprint density at radius 2 is 1.95 bits per heavy atom. The fourth-order valence-corrected chi connectivity index (χ4v) is 2.59. The fourth-order valence-electron chi connectivity index (χ4n) is 2.59. The standard InChI is InChI=1S/C17H17FN4/c1-20-22-15-8-7-14(18)9-13(15)10-21-11-16(22)17(19)12-5-3-2-4-6-12/h2-9,21H,1,10-11,19H2/b17-16-. The van der Waals surface area contributed by atoms with Gasteiger partial charge in [0.05, 0.1) is 17.1 Å². The first kappa shape index (κ1) is 14.3. The monoisotopic (exact) mass is 296 g/mol. The van der Waals surface area contributed by atoms with E-state index < -0.39 is 0 Å².